The van der Waals surface area contributed by atoms with Crippen molar-refractivity contribution in [2.75, 3.05) is 19.6 Å². The van der Waals surface area contributed by atoms with E-state index in [1.165, 1.54) is 12.8 Å². The molecule has 0 radical (unpaired) electrons. The summed E-state index contributed by atoms with van der Waals surface area (Å²) in [5.41, 5.74) is 0. The maximum absolute atomic E-state index is 12.0. The predicted molar refractivity (Wildman–Crippen MR) is 89.2 cm³/mol. The minimum absolute atomic E-state index is 0.0342. The Morgan fingerprint density at radius 2 is 2.30 bits per heavy atom. The van der Waals surface area contributed by atoms with Gasteiger partial charge in [-0.1, -0.05) is 11.2 Å². The van der Waals surface area contributed by atoms with E-state index in [0.29, 0.717) is 37.1 Å². The summed E-state index contributed by atoms with van der Waals surface area (Å²) in [6.45, 7) is 5.15. The maximum Gasteiger partial charge on any atom is 0.227 e. The molecule has 2 aromatic heterocycles. The highest BCUT2D eigenvalue weighted by Gasteiger charge is 2.18. The molecular weight excluding hydrogens is 312 g/mol. The minimum Gasteiger partial charge on any atom is -0.355 e. The summed E-state index contributed by atoms with van der Waals surface area (Å²) in [4.78, 5) is 19.7. The van der Waals surface area contributed by atoms with Crippen molar-refractivity contribution in [3.8, 4) is 10.7 Å². The van der Waals surface area contributed by atoms with Crippen LogP contribution in [0.4, 0.5) is 0 Å². The monoisotopic (exact) mass is 334 g/mol. The topological polar surface area (TPSA) is 71.3 Å². The third-order valence-corrected chi connectivity index (χ3v) is 5.00. The number of carbonyl (C=O) groups excluding carboxylic acids is 1. The fourth-order valence-corrected chi connectivity index (χ4v) is 3.39. The first-order valence-electron chi connectivity index (χ1n) is 8.09. The normalized spacial score (nSPS) is 16.6. The minimum atomic E-state index is 0.0342. The molecule has 1 fully saturated rings. The molecule has 0 saturated carbocycles. The smallest absolute Gasteiger partial charge is 0.227 e. The van der Waals surface area contributed by atoms with E-state index < -0.39 is 0 Å². The number of carbonyl (C=O) groups is 1. The van der Waals surface area contributed by atoms with Gasteiger partial charge in [0.15, 0.2) is 0 Å². The second-order valence-electron chi connectivity index (χ2n) is 5.89. The van der Waals surface area contributed by atoms with Gasteiger partial charge in [-0.05, 0) is 44.3 Å². The molecule has 1 aliphatic heterocycles. The SMILES string of the molecule is CC(CNC(=O)CCc1nc(-c2cccs2)no1)N1CCCC1. The predicted octanol–water partition coefficient (Wildman–Crippen LogP) is 2.33. The molecule has 0 spiro atoms. The van der Waals surface area contributed by atoms with Gasteiger partial charge < -0.3 is 9.84 Å². The Hall–Kier alpha value is -1.73. The van der Waals surface area contributed by atoms with E-state index in [0.717, 1.165) is 18.0 Å². The van der Waals surface area contributed by atoms with Crippen LogP contribution in [0.25, 0.3) is 10.7 Å². The van der Waals surface area contributed by atoms with Crippen LogP contribution in [0.15, 0.2) is 22.0 Å². The largest absolute Gasteiger partial charge is 0.355 e. The molecule has 2 aromatic rings. The van der Waals surface area contributed by atoms with E-state index in [-0.39, 0.29) is 5.91 Å². The third kappa shape index (κ3) is 4.39. The maximum atomic E-state index is 12.0. The van der Waals surface area contributed by atoms with Crippen molar-refractivity contribution >= 4 is 17.2 Å². The zero-order valence-electron chi connectivity index (χ0n) is 13.3. The zero-order chi connectivity index (χ0) is 16.1. The Morgan fingerprint density at radius 3 is 3.04 bits per heavy atom. The summed E-state index contributed by atoms with van der Waals surface area (Å²) >= 11 is 1.57. The van der Waals surface area contributed by atoms with Crippen LogP contribution >= 0.6 is 11.3 Å². The van der Waals surface area contributed by atoms with Crippen LogP contribution in [-0.4, -0.2) is 46.6 Å². The Labute approximate surface area is 139 Å². The molecular formula is C16H22N4O2S. The molecule has 6 nitrogen and oxygen atoms in total. The van der Waals surface area contributed by atoms with Crippen molar-refractivity contribution in [3.05, 3.63) is 23.4 Å². The number of amides is 1. The van der Waals surface area contributed by atoms with Gasteiger partial charge in [0.05, 0.1) is 4.88 Å². The molecule has 1 saturated heterocycles. The molecule has 124 valence electrons. The molecule has 23 heavy (non-hydrogen) atoms. The van der Waals surface area contributed by atoms with Gasteiger partial charge >= 0.3 is 0 Å². The van der Waals surface area contributed by atoms with Crippen molar-refractivity contribution in [2.45, 2.75) is 38.6 Å². The molecule has 3 heterocycles. The quantitative estimate of drug-likeness (QED) is 0.841. The number of nitrogens with one attached hydrogen (secondary N) is 1. The van der Waals surface area contributed by atoms with E-state index in [4.69, 9.17) is 4.52 Å². The van der Waals surface area contributed by atoms with E-state index in [1.807, 2.05) is 17.5 Å². The van der Waals surface area contributed by atoms with E-state index in [2.05, 4.69) is 27.3 Å². The molecule has 1 amide bonds. The number of aromatic nitrogens is 2. The van der Waals surface area contributed by atoms with E-state index >= 15 is 0 Å². The van der Waals surface area contributed by atoms with Gasteiger partial charge in [0.2, 0.25) is 17.6 Å². The molecule has 1 aliphatic rings. The average Bonchev–Trinajstić information content (AvgIpc) is 3.32. The second kappa shape index (κ2) is 7.70. The van der Waals surface area contributed by atoms with Gasteiger partial charge in [0, 0.05) is 25.4 Å². The van der Waals surface area contributed by atoms with Gasteiger partial charge in [-0.15, -0.1) is 11.3 Å². The summed E-state index contributed by atoms with van der Waals surface area (Å²) in [5, 5.41) is 8.92. The van der Waals surface area contributed by atoms with Crippen LogP contribution in [0.3, 0.4) is 0 Å². The molecule has 3 rings (SSSR count). The highest BCUT2D eigenvalue weighted by atomic mass is 32.1. The lowest BCUT2D eigenvalue weighted by Gasteiger charge is -2.23. The lowest BCUT2D eigenvalue weighted by atomic mass is 10.2. The fraction of sp³-hybridized carbons (Fsp3) is 0.562. The number of rotatable bonds is 7. The van der Waals surface area contributed by atoms with Gasteiger partial charge in [-0.25, -0.2) is 0 Å². The fourth-order valence-electron chi connectivity index (χ4n) is 2.74. The van der Waals surface area contributed by atoms with Gasteiger partial charge in [-0.2, -0.15) is 4.98 Å². The van der Waals surface area contributed by atoms with Crippen LogP contribution in [0.5, 0.6) is 0 Å². The Kier molecular flexibility index (Phi) is 5.40. The molecule has 1 atom stereocenters. The number of hydrogen-bond donors (Lipinski definition) is 1. The molecule has 0 aliphatic carbocycles. The van der Waals surface area contributed by atoms with Gasteiger partial charge in [0.1, 0.15) is 0 Å². The standard InChI is InChI=1S/C16H22N4O2S/c1-12(20-8-2-3-9-20)11-17-14(21)6-7-15-18-16(19-22-15)13-5-4-10-23-13/h4-5,10,12H,2-3,6-9,11H2,1H3,(H,17,21). The summed E-state index contributed by atoms with van der Waals surface area (Å²) in [6, 6.07) is 4.30. The highest BCUT2D eigenvalue weighted by Crippen LogP contribution is 2.21. The van der Waals surface area contributed by atoms with Crippen LogP contribution in [0.1, 0.15) is 32.1 Å². The highest BCUT2D eigenvalue weighted by molar-refractivity contribution is 7.13. The van der Waals surface area contributed by atoms with Gasteiger partial charge in [-0.3, -0.25) is 9.69 Å². The van der Waals surface area contributed by atoms with Crippen LogP contribution in [0, 0.1) is 0 Å². The summed E-state index contributed by atoms with van der Waals surface area (Å²) in [5.74, 6) is 1.14. The summed E-state index contributed by atoms with van der Waals surface area (Å²) < 4.78 is 5.20. The first-order valence-corrected chi connectivity index (χ1v) is 8.97. The first-order chi connectivity index (χ1) is 11.2. The molecule has 1 N–H and O–H groups in total. The van der Waals surface area contributed by atoms with Crippen molar-refractivity contribution in [2.24, 2.45) is 0 Å². The average molecular weight is 334 g/mol. The lowest BCUT2D eigenvalue weighted by molar-refractivity contribution is -0.121. The second-order valence-corrected chi connectivity index (χ2v) is 6.83. The Bertz CT molecular complexity index is 620. The first kappa shape index (κ1) is 16.1. The lowest BCUT2D eigenvalue weighted by Crippen LogP contribution is -2.40. The van der Waals surface area contributed by atoms with Gasteiger partial charge in [0.25, 0.3) is 0 Å². The number of hydrogen-bond acceptors (Lipinski definition) is 6. The van der Waals surface area contributed by atoms with Crippen LogP contribution in [0.2, 0.25) is 0 Å². The van der Waals surface area contributed by atoms with Crippen LogP contribution in [-0.2, 0) is 11.2 Å². The Balaban J connectivity index is 1.40. The number of aryl methyl sites for hydroxylation is 1. The van der Waals surface area contributed by atoms with E-state index in [9.17, 15) is 4.79 Å². The van der Waals surface area contributed by atoms with Crippen molar-refractivity contribution in [1.82, 2.24) is 20.4 Å². The number of thiophene rings is 1. The summed E-state index contributed by atoms with van der Waals surface area (Å²) in [7, 11) is 0. The van der Waals surface area contributed by atoms with Crippen molar-refractivity contribution in [1.29, 1.82) is 0 Å². The Morgan fingerprint density at radius 1 is 1.48 bits per heavy atom. The molecule has 7 heteroatoms. The number of nitrogens with zero attached hydrogens (tertiary/aromatic N) is 3. The third-order valence-electron chi connectivity index (χ3n) is 4.13. The molecule has 1 unspecified atom stereocenters. The molecule has 0 bridgehead atoms. The zero-order valence-corrected chi connectivity index (χ0v) is 14.1. The number of likely N-dealkylation sites (tertiary alicyclic amines) is 1. The van der Waals surface area contributed by atoms with Crippen molar-refractivity contribution < 1.29 is 9.32 Å². The van der Waals surface area contributed by atoms with Crippen LogP contribution < -0.4 is 5.32 Å². The van der Waals surface area contributed by atoms with E-state index in [1.54, 1.807) is 11.3 Å². The summed E-state index contributed by atoms with van der Waals surface area (Å²) in [6.07, 6.45) is 3.38. The molecule has 0 aromatic carbocycles. The van der Waals surface area contributed by atoms with Crippen molar-refractivity contribution in [3.63, 3.8) is 0 Å².